The Kier molecular flexibility index (Phi) is 3.52. The van der Waals surface area contributed by atoms with E-state index in [1.165, 1.54) is 5.56 Å². The van der Waals surface area contributed by atoms with Gasteiger partial charge in [-0.3, -0.25) is 0 Å². The molecule has 1 unspecified atom stereocenters. The summed E-state index contributed by atoms with van der Waals surface area (Å²) >= 11 is -1.01. The minimum Gasteiger partial charge on any atom is -0.593 e. The van der Waals surface area contributed by atoms with Crippen molar-refractivity contribution in [3.8, 4) is 0 Å². The van der Waals surface area contributed by atoms with Gasteiger partial charge in [-0.1, -0.05) is 39.0 Å². The second kappa shape index (κ2) is 4.55. The third-order valence-corrected chi connectivity index (χ3v) is 5.11. The summed E-state index contributed by atoms with van der Waals surface area (Å²) in [6, 6.07) is 8.06. The van der Waals surface area contributed by atoms with Crippen molar-refractivity contribution in [1.29, 1.82) is 0 Å². The van der Waals surface area contributed by atoms with Crippen LogP contribution in [0.25, 0.3) is 0 Å². The minimum atomic E-state index is -1.01. The van der Waals surface area contributed by atoms with Gasteiger partial charge in [-0.25, -0.2) is 0 Å². The molecule has 0 spiro atoms. The Labute approximate surface area is 114 Å². The molecule has 1 aliphatic rings. The van der Waals surface area contributed by atoms with Gasteiger partial charge >= 0.3 is 0 Å². The van der Waals surface area contributed by atoms with E-state index in [4.69, 9.17) is 0 Å². The molecular formula is C15H23NOS. The lowest BCUT2D eigenvalue weighted by atomic mass is 9.81. The first kappa shape index (κ1) is 13.9. The van der Waals surface area contributed by atoms with Crippen molar-refractivity contribution in [2.24, 2.45) is 5.41 Å². The lowest BCUT2D eigenvalue weighted by Crippen LogP contribution is -2.46. The van der Waals surface area contributed by atoms with Crippen LogP contribution in [0.3, 0.4) is 0 Å². The Bertz CT molecular complexity index is 436. The van der Waals surface area contributed by atoms with Gasteiger partial charge in [0, 0.05) is 5.56 Å². The quantitative estimate of drug-likeness (QED) is 0.761. The molecular weight excluding hydrogens is 242 g/mol. The smallest absolute Gasteiger partial charge is 0.178 e. The van der Waals surface area contributed by atoms with Crippen LogP contribution in [0.1, 0.15) is 46.6 Å². The maximum Gasteiger partial charge on any atom is 0.178 e. The molecule has 0 aromatic heterocycles. The van der Waals surface area contributed by atoms with Crippen LogP contribution >= 0.6 is 0 Å². The predicted molar refractivity (Wildman–Crippen MR) is 76.5 cm³/mol. The summed E-state index contributed by atoms with van der Waals surface area (Å²) in [5.41, 5.74) is 1.39. The van der Waals surface area contributed by atoms with Crippen molar-refractivity contribution < 1.29 is 4.55 Å². The van der Waals surface area contributed by atoms with E-state index < -0.39 is 11.4 Å². The van der Waals surface area contributed by atoms with Crippen LogP contribution in [0.5, 0.6) is 0 Å². The third-order valence-electron chi connectivity index (χ3n) is 3.31. The van der Waals surface area contributed by atoms with Gasteiger partial charge in [-0.05, 0) is 31.7 Å². The Balaban J connectivity index is 2.22. The van der Waals surface area contributed by atoms with Crippen molar-refractivity contribution in [3.05, 3.63) is 29.8 Å². The predicted octanol–water partition coefficient (Wildman–Crippen LogP) is 3.74. The van der Waals surface area contributed by atoms with Gasteiger partial charge in [0.05, 0.1) is 23.4 Å². The molecule has 1 heterocycles. The van der Waals surface area contributed by atoms with Crippen molar-refractivity contribution >= 4 is 11.4 Å². The first-order chi connectivity index (χ1) is 8.21. The van der Waals surface area contributed by atoms with E-state index in [2.05, 4.69) is 45.0 Å². The summed E-state index contributed by atoms with van der Waals surface area (Å²) in [5, 5.41) is 0. The largest absolute Gasteiger partial charge is 0.593 e. The monoisotopic (exact) mass is 265 g/mol. The van der Waals surface area contributed by atoms with Crippen LogP contribution in [0, 0.1) is 5.41 Å². The second-order valence-electron chi connectivity index (χ2n) is 6.94. The molecule has 0 radical (unpaired) electrons. The second-order valence-corrected chi connectivity index (χ2v) is 8.32. The number of fused-ring (bicyclic) bond motifs is 1. The van der Waals surface area contributed by atoms with Crippen LogP contribution in [-0.2, 0) is 17.9 Å². The van der Waals surface area contributed by atoms with Gasteiger partial charge in [-0.15, -0.1) is 4.31 Å². The van der Waals surface area contributed by atoms with Crippen LogP contribution in [0.2, 0.25) is 0 Å². The fraction of sp³-hybridized carbons (Fsp3) is 0.600. The molecule has 1 aromatic rings. The Hall–Kier alpha value is -0.510. The molecule has 0 saturated carbocycles. The van der Waals surface area contributed by atoms with Crippen molar-refractivity contribution in [1.82, 2.24) is 4.31 Å². The highest BCUT2D eigenvalue weighted by Gasteiger charge is 2.44. The lowest BCUT2D eigenvalue weighted by molar-refractivity contribution is 0.154. The summed E-state index contributed by atoms with van der Waals surface area (Å²) < 4.78 is 14.7. The van der Waals surface area contributed by atoms with E-state index in [1.807, 2.05) is 18.2 Å². The molecule has 2 rings (SSSR count). The van der Waals surface area contributed by atoms with Gasteiger partial charge < -0.3 is 4.55 Å². The first-order valence-electron chi connectivity index (χ1n) is 6.48. The van der Waals surface area contributed by atoms with E-state index in [0.717, 1.165) is 17.9 Å². The molecule has 0 fully saturated rings. The number of hydrogen-bond acceptors (Lipinski definition) is 2. The van der Waals surface area contributed by atoms with Crippen molar-refractivity contribution in [2.45, 2.75) is 58.0 Å². The summed E-state index contributed by atoms with van der Waals surface area (Å²) in [5.74, 6) is 0. The first-order valence-corrected chi connectivity index (χ1v) is 7.59. The SMILES string of the molecule is CC(C)(C)CC(C)(C)N1Cc2ccccc2[S+]1[O-]. The molecule has 1 atom stereocenters. The van der Waals surface area contributed by atoms with Crippen molar-refractivity contribution in [2.75, 3.05) is 0 Å². The van der Waals surface area contributed by atoms with Crippen LogP contribution in [-0.4, -0.2) is 14.4 Å². The van der Waals surface area contributed by atoms with Crippen LogP contribution in [0.4, 0.5) is 0 Å². The maximum absolute atomic E-state index is 12.6. The molecule has 1 aliphatic heterocycles. The van der Waals surface area contributed by atoms with Gasteiger partial charge in [0.2, 0.25) is 0 Å². The van der Waals surface area contributed by atoms with Gasteiger partial charge in [0.15, 0.2) is 4.90 Å². The van der Waals surface area contributed by atoms with E-state index >= 15 is 0 Å². The standard InChI is InChI=1S/C15H23NOS/c1-14(2,3)11-15(4,5)16-10-12-8-6-7-9-13(12)18(16)17/h6-9H,10-11H2,1-5H3. The molecule has 18 heavy (non-hydrogen) atoms. The van der Waals surface area contributed by atoms with E-state index in [-0.39, 0.29) is 11.0 Å². The fourth-order valence-electron chi connectivity index (χ4n) is 2.96. The zero-order valence-corrected chi connectivity index (χ0v) is 12.8. The van der Waals surface area contributed by atoms with Gasteiger partial charge in [-0.2, -0.15) is 0 Å². The Morgan fingerprint density at radius 2 is 1.78 bits per heavy atom. The summed E-state index contributed by atoms with van der Waals surface area (Å²) in [6.45, 7) is 11.9. The average molecular weight is 265 g/mol. The molecule has 0 aliphatic carbocycles. The normalized spacial score (nSPS) is 21.1. The fourth-order valence-corrected chi connectivity index (χ4v) is 4.52. The topological polar surface area (TPSA) is 26.3 Å². The van der Waals surface area contributed by atoms with E-state index in [9.17, 15) is 4.55 Å². The van der Waals surface area contributed by atoms with E-state index in [0.29, 0.717) is 0 Å². The van der Waals surface area contributed by atoms with Gasteiger partial charge in [0.25, 0.3) is 0 Å². The zero-order chi connectivity index (χ0) is 13.6. The Morgan fingerprint density at radius 3 is 2.33 bits per heavy atom. The molecule has 1 aromatic carbocycles. The lowest BCUT2D eigenvalue weighted by Gasteiger charge is -2.38. The highest BCUT2D eigenvalue weighted by Crippen LogP contribution is 2.40. The number of benzene rings is 1. The van der Waals surface area contributed by atoms with Crippen LogP contribution < -0.4 is 0 Å². The molecule has 0 N–H and O–H groups in total. The highest BCUT2D eigenvalue weighted by molar-refractivity contribution is 7.89. The summed E-state index contributed by atoms with van der Waals surface area (Å²) in [7, 11) is 0. The molecule has 0 saturated heterocycles. The van der Waals surface area contributed by atoms with Crippen LogP contribution in [0.15, 0.2) is 29.2 Å². The molecule has 2 nitrogen and oxygen atoms in total. The zero-order valence-electron chi connectivity index (χ0n) is 12.0. The maximum atomic E-state index is 12.6. The minimum absolute atomic E-state index is 0.0534. The number of nitrogens with zero attached hydrogens (tertiary/aromatic N) is 1. The van der Waals surface area contributed by atoms with E-state index in [1.54, 1.807) is 0 Å². The Morgan fingerprint density at radius 1 is 1.17 bits per heavy atom. The molecule has 0 amide bonds. The molecule has 3 heteroatoms. The average Bonchev–Trinajstić information content (AvgIpc) is 2.54. The molecule has 0 bridgehead atoms. The highest BCUT2D eigenvalue weighted by atomic mass is 32.2. The van der Waals surface area contributed by atoms with Crippen molar-refractivity contribution in [3.63, 3.8) is 0 Å². The summed E-state index contributed by atoms with van der Waals surface area (Å²) in [4.78, 5) is 0.986. The third kappa shape index (κ3) is 2.73. The van der Waals surface area contributed by atoms with Gasteiger partial charge in [0.1, 0.15) is 0 Å². The summed E-state index contributed by atoms with van der Waals surface area (Å²) in [6.07, 6.45) is 1.03. The number of rotatable bonds is 2. The molecule has 100 valence electrons. The number of hydrogen-bond donors (Lipinski definition) is 0.